The molecule has 3 rings (SSSR count). The summed E-state index contributed by atoms with van der Waals surface area (Å²) in [7, 11) is 0. The van der Waals surface area contributed by atoms with Gasteiger partial charge in [-0.05, 0) is 42.5 Å². The Bertz CT molecular complexity index is 1020. The highest BCUT2D eigenvalue weighted by Crippen LogP contribution is 2.35. The average Bonchev–Trinajstić information content (AvgIpc) is 3.17. The molecule has 0 atom stereocenters. The van der Waals surface area contributed by atoms with Crippen LogP contribution in [0.4, 0.5) is 35.0 Å². The Morgan fingerprint density at radius 3 is 2.07 bits per heavy atom. The first-order valence-electron chi connectivity index (χ1n) is 7.97. The van der Waals surface area contributed by atoms with Gasteiger partial charge >= 0.3 is 12.2 Å². The molecule has 0 aliphatic carbocycles. The van der Waals surface area contributed by atoms with E-state index in [0.717, 1.165) is 18.2 Å². The highest BCUT2D eigenvalue weighted by atomic mass is 35.5. The van der Waals surface area contributed by atoms with E-state index in [1.807, 2.05) is 0 Å². The Hall–Kier alpha value is -3.11. The zero-order chi connectivity index (χ0) is 21.0. The fourth-order valence-electron chi connectivity index (χ4n) is 2.27. The molecule has 0 bridgehead atoms. The van der Waals surface area contributed by atoms with Crippen LogP contribution in [0.1, 0.15) is 16.1 Å². The first kappa shape index (κ1) is 20.6. The lowest BCUT2D eigenvalue weighted by Gasteiger charge is -2.12. The molecule has 0 unspecified atom stereocenters. The van der Waals surface area contributed by atoms with Crippen LogP contribution in [0.25, 0.3) is 0 Å². The molecule has 1 aromatic heterocycles. The largest absolute Gasteiger partial charge is 0.417 e. The number of nitrogens with zero attached hydrogens (tertiary/aromatic N) is 1. The van der Waals surface area contributed by atoms with Gasteiger partial charge in [0.1, 0.15) is 5.69 Å². The number of halogens is 4. The predicted octanol–water partition coefficient (Wildman–Crippen LogP) is 5.71. The van der Waals surface area contributed by atoms with Gasteiger partial charge in [-0.25, -0.2) is 9.78 Å². The number of alkyl halides is 3. The van der Waals surface area contributed by atoms with Crippen LogP contribution in [-0.4, -0.2) is 16.9 Å². The van der Waals surface area contributed by atoms with Gasteiger partial charge in [0.2, 0.25) is 0 Å². The van der Waals surface area contributed by atoms with Crippen LogP contribution in [0.2, 0.25) is 5.02 Å². The van der Waals surface area contributed by atoms with Crippen LogP contribution in [0.5, 0.6) is 0 Å². The van der Waals surface area contributed by atoms with Crippen LogP contribution in [0.3, 0.4) is 0 Å². The molecule has 3 N–H and O–H groups in total. The fourth-order valence-corrected chi connectivity index (χ4v) is 3.09. The number of amides is 3. The first-order chi connectivity index (χ1) is 13.7. The van der Waals surface area contributed by atoms with Gasteiger partial charge in [-0.2, -0.15) is 13.2 Å². The van der Waals surface area contributed by atoms with E-state index in [0.29, 0.717) is 17.1 Å². The maximum Gasteiger partial charge on any atom is 0.417 e. The second kappa shape index (κ2) is 8.50. The van der Waals surface area contributed by atoms with E-state index in [2.05, 4.69) is 20.9 Å². The third kappa shape index (κ3) is 5.46. The van der Waals surface area contributed by atoms with Gasteiger partial charge in [0.05, 0.1) is 16.1 Å². The Balaban J connectivity index is 1.58. The molecule has 0 spiro atoms. The third-order valence-electron chi connectivity index (χ3n) is 3.60. The second-order valence-corrected chi connectivity index (χ2v) is 6.80. The topological polar surface area (TPSA) is 83.1 Å². The van der Waals surface area contributed by atoms with Crippen molar-refractivity contribution in [1.29, 1.82) is 0 Å². The molecule has 3 amide bonds. The molecule has 0 radical (unpaired) electrons. The van der Waals surface area contributed by atoms with Crippen LogP contribution in [-0.2, 0) is 6.18 Å². The van der Waals surface area contributed by atoms with Crippen molar-refractivity contribution in [2.75, 3.05) is 16.0 Å². The van der Waals surface area contributed by atoms with Crippen molar-refractivity contribution in [3.8, 4) is 0 Å². The maximum atomic E-state index is 12.7. The van der Waals surface area contributed by atoms with Crippen LogP contribution < -0.4 is 16.0 Å². The van der Waals surface area contributed by atoms with Gasteiger partial charge in [0.15, 0.2) is 0 Å². The molecular weight excluding hydrogens is 429 g/mol. The van der Waals surface area contributed by atoms with E-state index in [1.165, 1.54) is 11.3 Å². The van der Waals surface area contributed by atoms with Gasteiger partial charge in [0.25, 0.3) is 5.91 Å². The fraction of sp³-hybridized carbons (Fsp3) is 0.0556. The molecule has 29 heavy (non-hydrogen) atoms. The van der Waals surface area contributed by atoms with E-state index in [4.69, 9.17) is 11.6 Å². The molecular formula is C18H12ClF3N4O2S. The van der Waals surface area contributed by atoms with E-state index in [-0.39, 0.29) is 11.6 Å². The minimum Gasteiger partial charge on any atom is -0.321 e. The molecule has 0 fully saturated rings. The number of hydrogen-bond acceptors (Lipinski definition) is 4. The lowest BCUT2D eigenvalue weighted by molar-refractivity contribution is -0.137. The Morgan fingerprint density at radius 2 is 1.52 bits per heavy atom. The number of benzene rings is 2. The van der Waals surface area contributed by atoms with E-state index < -0.39 is 22.8 Å². The highest BCUT2D eigenvalue weighted by molar-refractivity contribution is 7.07. The summed E-state index contributed by atoms with van der Waals surface area (Å²) in [5.74, 6) is -0.358. The zero-order valence-corrected chi connectivity index (χ0v) is 16.0. The first-order valence-corrected chi connectivity index (χ1v) is 9.29. The van der Waals surface area contributed by atoms with E-state index in [1.54, 1.807) is 35.2 Å². The van der Waals surface area contributed by atoms with Crippen molar-refractivity contribution >= 4 is 51.9 Å². The molecule has 3 aromatic rings. The van der Waals surface area contributed by atoms with Gasteiger partial charge in [-0.3, -0.25) is 4.79 Å². The standard InChI is InChI=1S/C18H12ClF3N4O2S/c19-14-7-12(5-6-13(14)18(20,21)22)26-17(28)25-11-3-1-10(2-4-11)24-16(27)15-8-29-9-23-15/h1-9H,(H,24,27)(H2,25,26,28). The summed E-state index contributed by atoms with van der Waals surface area (Å²) >= 11 is 6.92. The minimum absolute atomic E-state index is 0.104. The lowest BCUT2D eigenvalue weighted by atomic mass is 10.2. The third-order valence-corrected chi connectivity index (χ3v) is 4.50. The molecule has 0 aliphatic heterocycles. The van der Waals surface area contributed by atoms with Crippen molar-refractivity contribution in [2.45, 2.75) is 6.18 Å². The van der Waals surface area contributed by atoms with Crippen LogP contribution in [0.15, 0.2) is 53.4 Å². The summed E-state index contributed by atoms with van der Waals surface area (Å²) in [6.45, 7) is 0. The van der Waals surface area contributed by atoms with Gasteiger partial charge in [0, 0.05) is 22.4 Å². The molecule has 2 aromatic carbocycles. The van der Waals surface area contributed by atoms with Crippen molar-refractivity contribution < 1.29 is 22.8 Å². The predicted molar refractivity (Wildman–Crippen MR) is 106 cm³/mol. The summed E-state index contributed by atoms with van der Waals surface area (Å²) in [4.78, 5) is 27.9. The van der Waals surface area contributed by atoms with Gasteiger partial charge < -0.3 is 16.0 Å². The summed E-state index contributed by atoms with van der Waals surface area (Å²) < 4.78 is 38.1. The minimum atomic E-state index is -4.57. The number of nitrogens with one attached hydrogen (secondary N) is 3. The van der Waals surface area contributed by atoms with Gasteiger partial charge in [-0.15, -0.1) is 11.3 Å². The molecule has 0 saturated heterocycles. The SMILES string of the molecule is O=C(Nc1ccc(NC(=O)c2cscn2)cc1)Nc1ccc(C(F)(F)F)c(Cl)c1. The number of hydrogen-bond donors (Lipinski definition) is 3. The smallest absolute Gasteiger partial charge is 0.321 e. The van der Waals surface area contributed by atoms with E-state index >= 15 is 0 Å². The highest BCUT2D eigenvalue weighted by Gasteiger charge is 2.33. The number of carbonyl (C=O) groups excluding carboxylic acids is 2. The molecule has 150 valence electrons. The quantitative estimate of drug-likeness (QED) is 0.485. The lowest BCUT2D eigenvalue weighted by Crippen LogP contribution is -2.19. The summed E-state index contributed by atoms with van der Waals surface area (Å²) in [5.41, 5.74) is 1.88. The summed E-state index contributed by atoms with van der Waals surface area (Å²) in [6.07, 6.45) is -4.57. The number of rotatable bonds is 4. The normalized spacial score (nSPS) is 11.0. The molecule has 6 nitrogen and oxygen atoms in total. The average molecular weight is 441 g/mol. The Labute approximate surface area is 171 Å². The molecule has 1 heterocycles. The van der Waals surface area contributed by atoms with E-state index in [9.17, 15) is 22.8 Å². The molecule has 11 heteroatoms. The van der Waals surface area contributed by atoms with Crippen molar-refractivity contribution in [1.82, 2.24) is 4.98 Å². The number of urea groups is 1. The summed E-state index contributed by atoms with van der Waals surface area (Å²) in [6, 6.07) is 8.50. The summed E-state index contributed by atoms with van der Waals surface area (Å²) in [5, 5.41) is 8.68. The number of aromatic nitrogens is 1. The maximum absolute atomic E-state index is 12.7. The van der Waals surface area contributed by atoms with Crippen LogP contribution >= 0.6 is 22.9 Å². The van der Waals surface area contributed by atoms with Crippen molar-refractivity contribution in [2.24, 2.45) is 0 Å². The Kier molecular flexibility index (Phi) is 6.04. The zero-order valence-electron chi connectivity index (χ0n) is 14.4. The number of carbonyl (C=O) groups is 2. The molecule has 0 aliphatic rings. The number of thiazole rings is 1. The van der Waals surface area contributed by atoms with Crippen molar-refractivity contribution in [3.63, 3.8) is 0 Å². The monoisotopic (exact) mass is 440 g/mol. The second-order valence-electron chi connectivity index (χ2n) is 5.68. The molecule has 0 saturated carbocycles. The van der Waals surface area contributed by atoms with Crippen molar-refractivity contribution in [3.05, 3.63) is 69.6 Å². The Morgan fingerprint density at radius 1 is 0.931 bits per heavy atom. The van der Waals surface area contributed by atoms with Crippen LogP contribution in [0, 0.1) is 0 Å². The van der Waals surface area contributed by atoms with Gasteiger partial charge in [-0.1, -0.05) is 11.6 Å². The number of anilines is 3.